The van der Waals surface area contributed by atoms with Crippen molar-refractivity contribution < 1.29 is 19.1 Å². The molecule has 2 aromatic carbocycles. The summed E-state index contributed by atoms with van der Waals surface area (Å²) in [7, 11) is 3.15. The molecular weight excluding hydrogens is 665 g/mol. The van der Waals surface area contributed by atoms with E-state index < -0.39 is 0 Å². The first kappa shape index (κ1) is 34.5. The molecule has 2 fully saturated rings. The van der Waals surface area contributed by atoms with Crippen LogP contribution in [0.4, 0.5) is 0 Å². The minimum atomic E-state index is -0.240. The minimum absolute atomic E-state index is 0.0824. The topological polar surface area (TPSA) is 145 Å². The molecule has 4 aromatic rings. The Morgan fingerprint density at radius 3 is 1.96 bits per heavy atom. The van der Waals surface area contributed by atoms with Crippen molar-refractivity contribution in [3.63, 3.8) is 0 Å². The highest BCUT2D eigenvalue weighted by Crippen LogP contribution is 2.42. The molecule has 2 amide bonds. The normalized spacial score (nSPS) is 16.8. The Bertz CT molecular complexity index is 1850. The molecule has 6 rings (SSSR count). The van der Waals surface area contributed by atoms with E-state index in [2.05, 4.69) is 15.2 Å². The lowest BCUT2D eigenvalue weighted by Crippen LogP contribution is -2.38. The quantitative estimate of drug-likeness (QED) is 0.184. The van der Waals surface area contributed by atoms with E-state index in [1.54, 1.807) is 26.6 Å². The van der Waals surface area contributed by atoms with Crippen molar-refractivity contribution in [2.45, 2.75) is 57.5 Å². The Morgan fingerprint density at radius 2 is 1.43 bits per heavy atom. The second kappa shape index (κ2) is 15.5. The molecule has 0 unspecified atom stereocenters. The van der Waals surface area contributed by atoms with Crippen molar-refractivity contribution in [2.75, 3.05) is 27.3 Å². The van der Waals surface area contributed by atoms with E-state index in [-0.39, 0.29) is 23.8 Å². The SMILES string of the molecule is COc1nc(-c2cccc(-c3cccc(-c4cnc(CN5CCC(C(N)=O)CC5)c(OC)n4)c3Cl)c2Cl)cnc1CCC[C@@H]1CCC(=O)N1. The number of carbonyl (C=O) groups is 2. The number of benzene rings is 2. The molecule has 0 bridgehead atoms. The molecule has 256 valence electrons. The lowest BCUT2D eigenvalue weighted by Gasteiger charge is -2.30. The maximum absolute atomic E-state index is 11.6. The predicted molar refractivity (Wildman–Crippen MR) is 188 cm³/mol. The zero-order valence-electron chi connectivity index (χ0n) is 27.5. The van der Waals surface area contributed by atoms with E-state index in [4.69, 9.17) is 53.4 Å². The molecule has 2 aliphatic rings. The molecule has 4 heterocycles. The van der Waals surface area contributed by atoms with E-state index in [9.17, 15) is 9.59 Å². The van der Waals surface area contributed by atoms with Gasteiger partial charge in [0, 0.05) is 47.2 Å². The molecule has 0 aliphatic carbocycles. The third-order valence-corrected chi connectivity index (χ3v) is 10.1. The van der Waals surface area contributed by atoms with Crippen LogP contribution in [0.25, 0.3) is 33.6 Å². The number of methoxy groups -OCH3 is 2. The molecule has 1 atom stereocenters. The number of rotatable bonds is 12. The summed E-state index contributed by atoms with van der Waals surface area (Å²) in [4.78, 5) is 44.2. The summed E-state index contributed by atoms with van der Waals surface area (Å²) < 4.78 is 11.3. The average molecular weight is 705 g/mol. The van der Waals surface area contributed by atoms with Crippen LogP contribution in [0.15, 0.2) is 48.8 Å². The molecule has 0 saturated carbocycles. The highest BCUT2D eigenvalue weighted by atomic mass is 35.5. The van der Waals surface area contributed by atoms with Gasteiger partial charge in [-0.2, -0.15) is 0 Å². The summed E-state index contributed by atoms with van der Waals surface area (Å²) in [6.07, 6.45) is 8.75. The van der Waals surface area contributed by atoms with Gasteiger partial charge in [-0.05, 0) is 51.6 Å². The summed E-state index contributed by atoms with van der Waals surface area (Å²) in [6, 6.07) is 11.6. The van der Waals surface area contributed by atoms with Gasteiger partial charge in [-0.1, -0.05) is 59.6 Å². The Hall–Kier alpha value is -4.32. The smallest absolute Gasteiger partial charge is 0.237 e. The fourth-order valence-corrected chi connectivity index (χ4v) is 7.18. The molecular formula is C36H39Cl2N7O4. The highest BCUT2D eigenvalue weighted by Gasteiger charge is 2.25. The van der Waals surface area contributed by atoms with Gasteiger partial charge in [-0.25, -0.2) is 9.97 Å². The van der Waals surface area contributed by atoms with Gasteiger partial charge in [0.25, 0.3) is 0 Å². The van der Waals surface area contributed by atoms with Crippen LogP contribution in [0.3, 0.4) is 0 Å². The largest absolute Gasteiger partial charge is 0.480 e. The maximum atomic E-state index is 11.6. The first-order chi connectivity index (χ1) is 23.7. The fraction of sp³-hybridized carbons (Fsp3) is 0.389. The van der Waals surface area contributed by atoms with E-state index in [1.165, 1.54) is 0 Å². The molecule has 2 saturated heterocycles. The Labute approximate surface area is 295 Å². The second-order valence-electron chi connectivity index (χ2n) is 12.4. The summed E-state index contributed by atoms with van der Waals surface area (Å²) >= 11 is 14.1. The maximum Gasteiger partial charge on any atom is 0.237 e. The molecule has 0 radical (unpaired) electrons. The number of piperidine rings is 1. The van der Waals surface area contributed by atoms with E-state index in [1.807, 2.05) is 36.4 Å². The number of aromatic nitrogens is 4. The summed E-state index contributed by atoms with van der Waals surface area (Å²) in [5.41, 5.74) is 10.9. The molecule has 13 heteroatoms. The standard InChI is InChI=1S/C36H39Cl2N7O4/c1-48-35-27(11-3-6-22-12-13-31(46)42-22)40-18-28(43-35)25-9-4-7-23(32(25)37)24-8-5-10-26(33(24)38)29-19-41-30(36(44-29)49-2)20-45-16-14-21(15-17-45)34(39)47/h4-5,7-10,18-19,21-22H,3,6,11-17,20H2,1-2H3,(H2,39,47)(H,42,46)/t22-/m1/s1. The number of carbonyl (C=O) groups excluding carboxylic acids is 2. The molecule has 2 aliphatic heterocycles. The number of nitrogens with zero attached hydrogens (tertiary/aromatic N) is 5. The van der Waals surface area contributed by atoms with Gasteiger partial charge in [0.15, 0.2) is 0 Å². The molecule has 0 spiro atoms. The number of nitrogens with one attached hydrogen (secondary N) is 1. The van der Waals surface area contributed by atoms with Crippen LogP contribution in [0.2, 0.25) is 10.0 Å². The number of hydrogen-bond donors (Lipinski definition) is 2. The van der Waals surface area contributed by atoms with Gasteiger partial charge in [-0.3, -0.25) is 24.5 Å². The number of likely N-dealkylation sites (tertiary alicyclic amines) is 1. The van der Waals surface area contributed by atoms with Crippen LogP contribution in [0.5, 0.6) is 11.8 Å². The predicted octanol–water partition coefficient (Wildman–Crippen LogP) is 5.89. The van der Waals surface area contributed by atoms with Crippen molar-refractivity contribution in [1.29, 1.82) is 0 Å². The zero-order chi connectivity index (χ0) is 34.5. The lowest BCUT2D eigenvalue weighted by molar-refractivity contribution is -0.123. The van der Waals surface area contributed by atoms with Crippen molar-refractivity contribution in [3.05, 3.63) is 70.2 Å². The first-order valence-electron chi connectivity index (χ1n) is 16.4. The summed E-state index contributed by atoms with van der Waals surface area (Å²) in [6.45, 7) is 2.05. The van der Waals surface area contributed by atoms with Gasteiger partial charge < -0.3 is 20.5 Å². The fourth-order valence-electron chi connectivity index (χ4n) is 6.53. The third-order valence-electron chi connectivity index (χ3n) is 9.26. The number of aryl methyl sites for hydroxylation is 1. The molecule has 2 aromatic heterocycles. The van der Waals surface area contributed by atoms with E-state index >= 15 is 0 Å². The minimum Gasteiger partial charge on any atom is -0.480 e. The van der Waals surface area contributed by atoms with Crippen LogP contribution in [-0.4, -0.2) is 70.0 Å². The number of amides is 2. The monoisotopic (exact) mass is 703 g/mol. The van der Waals surface area contributed by atoms with Gasteiger partial charge in [0.1, 0.15) is 11.4 Å². The van der Waals surface area contributed by atoms with E-state index in [0.717, 1.165) is 62.0 Å². The second-order valence-corrected chi connectivity index (χ2v) is 13.2. The van der Waals surface area contributed by atoms with E-state index in [0.29, 0.717) is 69.4 Å². The van der Waals surface area contributed by atoms with Crippen molar-refractivity contribution in [2.24, 2.45) is 11.7 Å². The number of primary amides is 1. The van der Waals surface area contributed by atoms with Gasteiger partial charge in [0.2, 0.25) is 23.6 Å². The lowest BCUT2D eigenvalue weighted by atomic mass is 9.96. The number of halogens is 2. The first-order valence-corrected chi connectivity index (χ1v) is 17.2. The number of nitrogens with two attached hydrogens (primary N) is 1. The van der Waals surface area contributed by atoms with Crippen LogP contribution >= 0.6 is 23.2 Å². The zero-order valence-corrected chi connectivity index (χ0v) is 29.1. The van der Waals surface area contributed by atoms with Crippen molar-refractivity contribution >= 4 is 35.0 Å². The van der Waals surface area contributed by atoms with Crippen molar-refractivity contribution in [3.8, 4) is 45.4 Å². The molecule has 49 heavy (non-hydrogen) atoms. The Balaban J connectivity index is 1.21. The highest BCUT2D eigenvalue weighted by molar-refractivity contribution is 6.39. The Morgan fingerprint density at radius 1 is 0.878 bits per heavy atom. The summed E-state index contributed by atoms with van der Waals surface area (Å²) in [5.74, 6) is 0.657. The number of hydrogen-bond acceptors (Lipinski definition) is 9. The Kier molecular flexibility index (Phi) is 10.9. The van der Waals surface area contributed by atoms with Gasteiger partial charge in [-0.15, -0.1) is 0 Å². The van der Waals surface area contributed by atoms with Crippen LogP contribution in [-0.2, 0) is 22.6 Å². The third kappa shape index (κ3) is 7.79. The van der Waals surface area contributed by atoms with Gasteiger partial charge in [0.05, 0.1) is 48.0 Å². The van der Waals surface area contributed by atoms with Crippen LogP contribution in [0, 0.1) is 5.92 Å². The average Bonchev–Trinajstić information content (AvgIpc) is 3.53. The molecule has 11 nitrogen and oxygen atoms in total. The van der Waals surface area contributed by atoms with Crippen LogP contribution in [0.1, 0.15) is 49.9 Å². The van der Waals surface area contributed by atoms with Gasteiger partial charge >= 0.3 is 0 Å². The van der Waals surface area contributed by atoms with Crippen LogP contribution < -0.4 is 20.5 Å². The van der Waals surface area contributed by atoms with Crippen molar-refractivity contribution in [1.82, 2.24) is 30.2 Å². The number of ether oxygens (including phenoxy) is 2. The molecule has 3 N–H and O–H groups in total. The summed E-state index contributed by atoms with van der Waals surface area (Å²) in [5, 5.41) is 3.95.